The lowest BCUT2D eigenvalue weighted by molar-refractivity contribution is 0.0669. The molecular formula is C17H18ClN3O. The summed E-state index contributed by atoms with van der Waals surface area (Å²) in [6.45, 7) is 0. The summed E-state index contributed by atoms with van der Waals surface area (Å²) >= 11 is 6.12. The maximum absolute atomic E-state index is 9.39. The zero-order valence-electron chi connectivity index (χ0n) is 12.5. The van der Waals surface area contributed by atoms with Crippen molar-refractivity contribution in [2.75, 3.05) is 12.4 Å². The van der Waals surface area contributed by atoms with Gasteiger partial charge in [0.2, 0.25) is 0 Å². The standard InChI is InChI=1S/C17H18ClN3O/c1-22-14-4-2-3-13(8-14)21-17-11(9-19)10-20-16-6-5-12(18)7-15(16)17/h5-7,10,13-14H,2-4,8H2,1H3,(H,20,21). The molecule has 2 unspecified atom stereocenters. The van der Waals surface area contributed by atoms with Gasteiger partial charge >= 0.3 is 0 Å². The number of ether oxygens (including phenoxy) is 1. The molecule has 0 amide bonds. The molecule has 0 aliphatic heterocycles. The number of fused-ring (bicyclic) bond motifs is 1. The number of hydrogen-bond acceptors (Lipinski definition) is 4. The third kappa shape index (κ3) is 3.01. The summed E-state index contributed by atoms with van der Waals surface area (Å²) in [6.07, 6.45) is 6.16. The van der Waals surface area contributed by atoms with Crippen LogP contribution >= 0.6 is 11.6 Å². The summed E-state index contributed by atoms with van der Waals surface area (Å²) in [5, 5.41) is 14.5. The molecule has 1 fully saturated rings. The minimum atomic E-state index is 0.286. The molecule has 0 bridgehead atoms. The van der Waals surface area contributed by atoms with Gasteiger partial charge in [-0.15, -0.1) is 0 Å². The molecule has 1 N–H and O–H groups in total. The second-order valence-electron chi connectivity index (χ2n) is 5.69. The number of benzene rings is 1. The van der Waals surface area contributed by atoms with E-state index < -0.39 is 0 Å². The van der Waals surface area contributed by atoms with E-state index in [1.165, 1.54) is 0 Å². The molecule has 0 spiro atoms. The van der Waals surface area contributed by atoms with Crippen LogP contribution in [0.25, 0.3) is 10.9 Å². The number of anilines is 1. The highest BCUT2D eigenvalue weighted by molar-refractivity contribution is 6.31. The largest absolute Gasteiger partial charge is 0.381 e. The molecule has 2 aromatic rings. The Morgan fingerprint density at radius 3 is 3.05 bits per heavy atom. The first-order valence-corrected chi connectivity index (χ1v) is 7.86. The Labute approximate surface area is 135 Å². The van der Waals surface area contributed by atoms with Crippen LogP contribution in [-0.4, -0.2) is 24.2 Å². The average molecular weight is 316 g/mol. The van der Waals surface area contributed by atoms with Gasteiger partial charge in [0.1, 0.15) is 6.07 Å². The van der Waals surface area contributed by atoms with Crippen molar-refractivity contribution in [1.82, 2.24) is 4.98 Å². The molecular weight excluding hydrogens is 298 g/mol. The predicted molar refractivity (Wildman–Crippen MR) is 88.1 cm³/mol. The Morgan fingerprint density at radius 1 is 1.41 bits per heavy atom. The number of halogens is 1. The fraction of sp³-hybridized carbons (Fsp3) is 0.412. The molecule has 1 heterocycles. The van der Waals surface area contributed by atoms with E-state index in [9.17, 15) is 5.26 Å². The minimum absolute atomic E-state index is 0.286. The highest BCUT2D eigenvalue weighted by Crippen LogP contribution is 2.31. The second-order valence-corrected chi connectivity index (χ2v) is 6.12. The maximum atomic E-state index is 9.39. The van der Waals surface area contributed by atoms with Crippen LogP contribution in [0.2, 0.25) is 5.02 Å². The fourth-order valence-electron chi connectivity index (χ4n) is 3.10. The fourth-order valence-corrected chi connectivity index (χ4v) is 3.27. The number of methoxy groups -OCH3 is 1. The van der Waals surface area contributed by atoms with Crippen molar-refractivity contribution < 1.29 is 4.74 Å². The SMILES string of the molecule is COC1CCCC(Nc2c(C#N)cnc3ccc(Cl)cc23)C1. The molecule has 22 heavy (non-hydrogen) atoms. The molecule has 2 atom stereocenters. The van der Waals surface area contributed by atoms with Crippen LogP contribution in [0.15, 0.2) is 24.4 Å². The van der Waals surface area contributed by atoms with Crippen LogP contribution in [0, 0.1) is 11.3 Å². The van der Waals surface area contributed by atoms with E-state index in [0.717, 1.165) is 42.3 Å². The molecule has 4 nitrogen and oxygen atoms in total. The summed E-state index contributed by atoms with van der Waals surface area (Å²) in [5.41, 5.74) is 2.22. The van der Waals surface area contributed by atoms with Gasteiger partial charge in [0.25, 0.3) is 0 Å². The number of nitrogens with one attached hydrogen (secondary N) is 1. The van der Waals surface area contributed by atoms with Gasteiger partial charge in [0.15, 0.2) is 0 Å². The first kappa shape index (κ1) is 15.1. The third-order valence-electron chi connectivity index (χ3n) is 4.26. The van der Waals surface area contributed by atoms with Crippen LogP contribution in [0.3, 0.4) is 0 Å². The Balaban J connectivity index is 1.98. The van der Waals surface area contributed by atoms with Crippen LogP contribution in [0.4, 0.5) is 5.69 Å². The lowest BCUT2D eigenvalue weighted by Gasteiger charge is -2.30. The predicted octanol–water partition coefficient (Wildman–Crippen LogP) is 4.13. The van der Waals surface area contributed by atoms with Gasteiger partial charge in [0, 0.05) is 29.8 Å². The van der Waals surface area contributed by atoms with Crippen molar-refractivity contribution in [2.24, 2.45) is 0 Å². The van der Waals surface area contributed by atoms with E-state index in [4.69, 9.17) is 16.3 Å². The van der Waals surface area contributed by atoms with Crippen molar-refractivity contribution in [1.29, 1.82) is 5.26 Å². The molecule has 0 radical (unpaired) electrons. The van der Waals surface area contributed by atoms with E-state index in [1.807, 2.05) is 18.2 Å². The Kier molecular flexibility index (Phi) is 4.47. The van der Waals surface area contributed by atoms with Crippen molar-refractivity contribution in [3.05, 3.63) is 35.0 Å². The number of nitrogens with zero attached hydrogens (tertiary/aromatic N) is 2. The Morgan fingerprint density at radius 2 is 2.27 bits per heavy atom. The van der Waals surface area contributed by atoms with Gasteiger partial charge in [-0.25, -0.2) is 0 Å². The number of hydrogen-bond donors (Lipinski definition) is 1. The summed E-state index contributed by atoms with van der Waals surface area (Å²) in [5.74, 6) is 0. The van der Waals surface area contributed by atoms with Crippen LogP contribution in [0.1, 0.15) is 31.2 Å². The topological polar surface area (TPSA) is 57.9 Å². The van der Waals surface area contributed by atoms with Crippen LogP contribution in [0.5, 0.6) is 0 Å². The minimum Gasteiger partial charge on any atom is -0.381 e. The summed E-state index contributed by atoms with van der Waals surface area (Å²) in [4.78, 5) is 4.33. The van der Waals surface area contributed by atoms with Crippen LogP contribution in [-0.2, 0) is 4.74 Å². The van der Waals surface area contributed by atoms with Crippen molar-refractivity contribution in [3.63, 3.8) is 0 Å². The molecule has 1 aromatic heterocycles. The molecule has 1 aliphatic rings. The molecule has 114 valence electrons. The number of aromatic nitrogens is 1. The monoisotopic (exact) mass is 315 g/mol. The summed E-state index contributed by atoms with van der Waals surface area (Å²) < 4.78 is 5.48. The molecule has 5 heteroatoms. The van der Waals surface area contributed by atoms with Crippen LogP contribution < -0.4 is 5.32 Å². The maximum Gasteiger partial charge on any atom is 0.103 e. The third-order valence-corrected chi connectivity index (χ3v) is 4.49. The molecule has 0 saturated heterocycles. The first-order valence-electron chi connectivity index (χ1n) is 7.49. The highest BCUT2D eigenvalue weighted by Gasteiger charge is 2.23. The van der Waals surface area contributed by atoms with E-state index >= 15 is 0 Å². The van der Waals surface area contributed by atoms with E-state index in [0.29, 0.717) is 16.6 Å². The van der Waals surface area contributed by atoms with Gasteiger partial charge in [-0.1, -0.05) is 11.6 Å². The number of rotatable bonds is 3. The lowest BCUT2D eigenvalue weighted by atomic mass is 9.92. The quantitative estimate of drug-likeness (QED) is 0.925. The van der Waals surface area contributed by atoms with Crippen molar-refractivity contribution in [2.45, 2.75) is 37.8 Å². The number of pyridine rings is 1. The normalized spacial score (nSPS) is 21.5. The summed E-state index contributed by atoms with van der Waals surface area (Å²) in [7, 11) is 1.76. The summed E-state index contributed by atoms with van der Waals surface area (Å²) in [6, 6.07) is 8.08. The van der Waals surface area contributed by atoms with E-state index in [1.54, 1.807) is 13.3 Å². The van der Waals surface area contributed by atoms with Gasteiger partial charge in [0.05, 0.1) is 22.9 Å². The Bertz CT molecular complexity index is 726. The van der Waals surface area contributed by atoms with E-state index in [2.05, 4.69) is 16.4 Å². The molecule has 1 saturated carbocycles. The van der Waals surface area contributed by atoms with Crippen molar-refractivity contribution >= 4 is 28.2 Å². The molecule has 3 rings (SSSR count). The average Bonchev–Trinajstić information content (AvgIpc) is 2.55. The lowest BCUT2D eigenvalue weighted by Crippen LogP contribution is -2.31. The zero-order chi connectivity index (χ0) is 15.5. The molecule has 1 aromatic carbocycles. The number of nitriles is 1. The van der Waals surface area contributed by atoms with Gasteiger partial charge < -0.3 is 10.1 Å². The Hall–Kier alpha value is -1.83. The smallest absolute Gasteiger partial charge is 0.103 e. The molecule has 1 aliphatic carbocycles. The van der Waals surface area contributed by atoms with Gasteiger partial charge in [-0.05, 0) is 43.9 Å². The second kappa shape index (κ2) is 6.51. The van der Waals surface area contributed by atoms with E-state index in [-0.39, 0.29) is 6.10 Å². The van der Waals surface area contributed by atoms with Gasteiger partial charge in [-0.3, -0.25) is 4.98 Å². The zero-order valence-corrected chi connectivity index (χ0v) is 13.2. The van der Waals surface area contributed by atoms with Crippen molar-refractivity contribution in [3.8, 4) is 6.07 Å². The first-order chi connectivity index (χ1) is 10.7. The highest BCUT2D eigenvalue weighted by atomic mass is 35.5. The van der Waals surface area contributed by atoms with Gasteiger partial charge in [-0.2, -0.15) is 5.26 Å².